The Bertz CT molecular complexity index is 921. The number of hydrogen-bond donors (Lipinski definition) is 2. The first kappa shape index (κ1) is 24.2. The molecule has 2 aromatic heterocycles. The average Bonchev–Trinajstić information content (AvgIpc) is 2.98. The van der Waals surface area contributed by atoms with Crippen LogP contribution in [0.15, 0.2) is 17.4 Å². The molecular formula is C21H31N3O5S. The second-order valence-electron chi connectivity index (χ2n) is 7.54. The van der Waals surface area contributed by atoms with Crippen molar-refractivity contribution in [1.82, 2.24) is 14.9 Å². The average molecular weight is 438 g/mol. The predicted octanol–water partition coefficient (Wildman–Crippen LogP) is 2.49. The number of nitrogens with zero attached hydrogens (tertiary/aromatic N) is 2. The summed E-state index contributed by atoms with van der Waals surface area (Å²) < 4.78 is 10.4. The molecule has 0 saturated carbocycles. The molecule has 0 aliphatic heterocycles. The number of H-pyrrole nitrogens is 1. The maximum absolute atomic E-state index is 12.7. The normalized spacial score (nSPS) is 12.6. The Hall–Kier alpha value is -2.07. The van der Waals surface area contributed by atoms with Gasteiger partial charge in [0.2, 0.25) is 0 Å². The van der Waals surface area contributed by atoms with Crippen LogP contribution < -0.4 is 5.56 Å². The number of fused-ring (bicyclic) bond motifs is 1. The van der Waals surface area contributed by atoms with Crippen molar-refractivity contribution in [3.05, 3.63) is 39.3 Å². The third-order valence-corrected chi connectivity index (χ3v) is 5.49. The Kier molecular flexibility index (Phi) is 9.16. The van der Waals surface area contributed by atoms with Crippen LogP contribution in [0.3, 0.4) is 0 Å². The van der Waals surface area contributed by atoms with Gasteiger partial charge in [-0.25, -0.2) is 9.78 Å². The lowest BCUT2D eigenvalue weighted by atomic mass is 10.2. The van der Waals surface area contributed by atoms with Gasteiger partial charge in [-0.1, -0.05) is 19.9 Å². The number of aromatic amines is 1. The van der Waals surface area contributed by atoms with E-state index in [1.165, 1.54) is 11.3 Å². The van der Waals surface area contributed by atoms with Crippen LogP contribution in [0.5, 0.6) is 0 Å². The van der Waals surface area contributed by atoms with Gasteiger partial charge in [0.25, 0.3) is 5.56 Å². The van der Waals surface area contributed by atoms with Gasteiger partial charge in [0.05, 0.1) is 37.9 Å². The number of nitrogens with one attached hydrogen (secondary N) is 1. The zero-order valence-corrected chi connectivity index (χ0v) is 18.9. The van der Waals surface area contributed by atoms with Crippen LogP contribution in [0.1, 0.15) is 41.8 Å². The third kappa shape index (κ3) is 6.46. The molecule has 1 unspecified atom stereocenters. The van der Waals surface area contributed by atoms with Gasteiger partial charge < -0.3 is 19.6 Å². The number of esters is 1. The van der Waals surface area contributed by atoms with E-state index in [0.29, 0.717) is 52.1 Å². The van der Waals surface area contributed by atoms with E-state index in [-0.39, 0.29) is 18.8 Å². The van der Waals surface area contributed by atoms with E-state index in [0.717, 1.165) is 6.54 Å². The van der Waals surface area contributed by atoms with Gasteiger partial charge in [-0.05, 0) is 25.3 Å². The first-order chi connectivity index (χ1) is 14.3. The molecule has 0 spiro atoms. The number of aliphatic hydroxyl groups is 1. The standard InChI is InChI=1S/C21H31N3O5S/c1-6-8-28-12-15(25)10-24(9-13(3)4)11-16-22-19(26)17-14(5)18(21(27)29-7-2)30-20(17)23-16/h6,13,15,25H,1,7-12H2,2-5H3,(H,22,23,26). The van der Waals surface area contributed by atoms with E-state index in [1.54, 1.807) is 19.9 Å². The van der Waals surface area contributed by atoms with Crippen molar-refractivity contribution in [2.75, 3.05) is 32.9 Å². The number of carbonyl (C=O) groups excluding carboxylic acids is 1. The molecule has 2 N–H and O–H groups in total. The van der Waals surface area contributed by atoms with E-state index in [4.69, 9.17) is 9.47 Å². The first-order valence-electron chi connectivity index (χ1n) is 10.0. The molecule has 8 nitrogen and oxygen atoms in total. The molecule has 0 bridgehead atoms. The summed E-state index contributed by atoms with van der Waals surface area (Å²) in [5.41, 5.74) is 0.307. The van der Waals surface area contributed by atoms with Crippen LogP contribution in [0, 0.1) is 12.8 Å². The number of carbonyl (C=O) groups is 1. The van der Waals surface area contributed by atoms with Crippen LogP contribution >= 0.6 is 11.3 Å². The van der Waals surface area contributed by atoms with Gasteiger partial charge in [-0.2, -0.15) is 0 Å². The van der Waals surface area contributed by atoms with Crippen LogP contribution in [0.2, 0.25) is 0 Å². The summed E-state index contributed by atoms with van der Waals surface area (Å²) in [6.07, 6.45) is 0.967. The molecule has 0 aromatic carbocycles. The van der Waals surface area contributed by atoms with Crippen molar-refractivity contribution >= 4 is 27.5 Å². The highest BCUT2D eigenvalue weighted by molar-refractivity contribution is 7.20. The largest absolute Gasteiger partial charge is 0.462 e. The summed E-state index contributed by atoms with van der Waals surface area (Å²) in [6, 6.07) is 0. The SMILES string of the molecule is C=CCOCC(O)CN(Cc1nc2sc(C(=O)OCC)c(C)c2c(=O)[nH]1)CC(C)C. The van der Waals surface area contributed by atoms with Gasteiger partial charge in [0.1, 0.15) is 15.5 Å². The minimum atomic E-state index is -0.668. The molecule has 0 radical (unpaired) electrons. The smallest absolute Gasteiger partial charge is 0.348 e. The number of aromatic nitrogens is 2. The fourth-order valence-corrected chi connectivity index (χ4v) is 4.32. The Labute approximate surface area is 180 Å². The maximum atomic E-state index is 12.7. The number of aryl methyl sites for hydroxylation is 1. The monoisotopic (exact) mass is 437 g/mol. The van der Waals surface area contributed by atoms with Gasteiger partial charge in [-0.3, -0.25) is 9.69 Å². The van der Waals surface area contributed by atoms with Crippen molar-refractivity contribution in [3.63, 3.8) is 0 Å². The fraction of sp³-hybridized carbons (Fsp3) is 0.571. The summed E-state index contributed by atoms with van der Waals surface area (Å²) in [5.74, 6) is 0.410. The highest BCUT2D eigenvalue weighted by Gasteiger charge is 2.21. The molecule has 9 heteroatoms. The van der Waals surface area contributed by atoms with Gasteiger partial charge in [0, 0.05) is 13.1 Å². The van der Waals surface area contributed by atoms with Crippen LogP contribution in [0.4, 0.5) is 0 Å². The second kappa shape index (κ2) is 11.4. The van der Waals surface area contributed by atoms with E-state index in [1.807, 2.05) is 4.90 Å². The Balaban J connectivity index is 2.24. The van der Waals surface area contributed by atoms with Crippen molar-refractivity contribution < 1.29 is 19.4 Å². The molecule has 2 heterocycles. The number of hydrogen-bond acceptors (Lipinski definition) is 8. The summed E-state index contributed by atoms with van der Waals surface area (Å²) in [7, 11) is 0. The molecule has 30 heavy (non-hydrogen) atoms. The maximum Gasteiger partial charge on any atom is 0.348 e. The molecule has 0 saturated heterocycles. The van der Waals surface area contributed by atoms with Gasteiger partial charge in [0.15, 0.2) is 0 Å². The first-order valence-corrected chi connectivity index (χ1v) is 10.9. The lowest BCUT2D eigenvalue weighted by Crippen LogP contribution is -2.37. The zero-order chi connectivity index (χ0) is 22.3. The summed E-state index contributed by atoms with van der Waals surface area (Å²) >= 11 is 1.17. The number of rotatable bonds is 12. The minimum absolute atomic E-state index is 0.205. The molecule has 166 valence electrons. The number of ether oxygens (including phenoxy) is 2. The third-order valence-electron chi connectivity index (χ3n) is 4.32. The van der Waals surface area contributed by atoms with E-state index < -0.39 is 12.1 Å². The van der Waals surface area contributed by atoms with Gasteiger partial charge in [-0.15, -0.1) is 17.9 Å². The van der Waals surface area contributed by atoms with Crippen molar-refractivity contribution in [3.8, 4) is 0 Å². The fourth-order valence-electron chi connectivity index (χ4n) is 3.22. The van der Waals surface area contributed by atoms with Gasteiger partial charge >= 0.3 is 5.97 Å². The van der Waals surface area contributed by atoms with Crippen LogP contribution in [-0.4, -0.2) is 65.0 Å². The number of thiophene rings is 1. The van der Waals surface area contributed by atoms with E-state index >= 15 is 0 Å². The van der Waals surface area contributed by atoms with E-state index in [2.05, 4.69) is 30.4 Å². The van der Waals surface area contributed by atoms with Crippen molar-refractivity contribution in [1.29, 1.82) is 0 Å². The molecule has 0 amide bonds. The van der Waals surface area contributed by atoms with Crippen LogP contribution in [0.25, 0.3) is 10.2 Å². The molecule has 0 fully saturated rings. The lowest BCUT2D eigenvalue weighted by molar-refractivity contribution is 0.0218. The molecule has 0 aliphatic carbocycles. The van der Waals surface area contributed by atoms with Crippen molar-refractivity contribution in [2.45, 2.75) is 40.3 Å². The van der Waals surface area contributed by atoms with Crippen LogP contribution in [-0.2, 0) is 16.0 Å². The second-order valence-corrected chi connectivity index (χ2v) is 8.54. The number of aliphatic hydroxyl groups excluding tert-OH is 1. The molecule has 2 aromatic rings. The topological polar surface area (TPSA) is 105 Å². The molecule has 2 rings (SSSR count). The predicted molar refractivity (Wildman–Crippen MR) is 118 cm³/mol. The zero-order valence-electron chi connectivity index (χ0n) is 18.1. The lowest BCUT2D eigenvalue weighted by Gasteiger charge is -2.26. The summed E-state index contributed by atoms with van der Waals surface area (Å²) in [4.78, 5) is 35.2. The Morgan fingerprint density at radius 2 is 2.13 bits per heavy atom. The summed E-state index contributed by atoms with van der Waals surface area (Å²) in [6.45, 7) is 13.6. The molecule has 0 aliphatic rings. The highest BCUT2D eigenvalue weighted by Crippen LogP contribution is 2.27. The molecular weight excluding hydrogens is 406 g/mol. The van der Waals surface area contributed by atoms with E-state index in [9.17, 15) is 14.7 Å². The quantitative estimate of drug-likeness (QED) is 0.299. The highest BCUT2D eigenvalue weighted by atomic mass is 32.1. The Morgan fingerprint density at radius 1 is 1.40 bits per heavy atom. The minimum Gasteiger partial charge on any atom is -0.462 e. The molecule has 1 atom stereocenters. The van der Waals surface area contributed by atoms with Crippen molar-refractivity contribution in [2.24, 2.45) is 5.92 Å². The Morgan fingerprint density at radius 3 is 2.77 bits per heavy atom. The summed E-state index contributed by atoms with van der Waals surface area (Å²) in [5, 5.41) is 10.7.